The van der Waals surface area contributed by atoms with Crippen molar-refractivity contribution in [1.29, 1.82) is 0 Å². The van der Waals surface area contributed by atoms with Gasteiger partial charge in [0.25, 0.3) is 10.1 Å². The summed E-state index contributed by atoms with van der Waals surface area (Å²) < 4.78 is 26.1. The zero-order valence-electron chi connectivity index (χ0n) is 7.98. The van der Waals surface area contributed by atoms with Crippen LogP contribution in [0.15, 0.2) is 24.3 Å². The lowest BCUT2D eigenvalue weighted by molar-refractivity contribution is 0.289. The number of hydrogen-bond acceptors (Lipinski definition) is 3. The molecular formula is C9H10Cl2O3S. The number of rotatable bonds is 4. The summed E-state index contributed by atoms with van der Waals surface area (Å²) in [6, 6.07) is 7.00. The molecule has 15 heavy (non-hydrogen) atoms. The van der Waals surface area contributed by atoms with E-state index in [1.165, 1.54) is 0 Å². The fraction of sp³-hybridized carbons (Fsp3) is 0.333. The molecule has 0 N–H and O–H groups in total. The van der Waals surface area contributed by atoms with Crippen LogP contribution < -0.4 is 0 Å². The van der Waals surface area contributed by atoms with Gasteiger partial charge in [-0.2, -0.15) is 8.42 Å². The van der Waals surface area contributed by atoms with Crippen molar-refractivity contribution in [3.05, 3.63) is 34.9 Å². The highest BCUT2D eigenvalue weighted by molar-refractivity contribution is 7.86. The fourth-order valence-corrected chi connectivity index (χ4v) is 2.31. The Morgan fingerprint density at radius 3 is 2.67 bits per heavy atom. The standard InChI is InChI=1S/C9H10Cl2O3S/c1-15(12,13)14-9(11)6-7-3-2-4-8(10)5-7/h2-5,9H,6H2,1H3. The molecule has 1 aromatic rings. The van der Waals surface area contributed by atoms with Crippen molar-refractivity contribution in [3.63, 3.8) is 0 Å². The van der Waals surface area contributed by atoms with E-state index < -0.39 is 15.7 Å². The molecule has 0 bridgehead atoms. The molecule has 0 radical (unpaired) electrons. The van der Waals surface area contributed by atoms with E-state index in [0.29, 0.717) is 5.02 Å². The highest BCUT2D eigenvalue weighted by Crippen LogP contribution is 2.15. The van der Waals surface area contributed by atoms with E-state index in [0.717, 1.165) is 11.8 Å². The molecule has 6 heteroatoms. The first-order valence-electron chi connectivity index (χ1n) is 4.13. The van der Waals surface area contributed by atoms with Crippen molar-refractivity contribution in [2.75, 3.05) is 6.26 Å². The predicted molar refractivity (Wildman–Crippen MR) is 60.7 cm³/mol. The van der Waals surface area contributed by atoms with E-state index >= 15 is 0 Å². The molecule has 0 aliphatic carbocycles. The lowest BCUT2D eigenvalue weighted by Crippen LogP contribution is -2.14. The molecule has 0 saturated carbocycles. The molecule has 1 aromatic carbocycles. The average Bonchev–Trinajstić information content (AvgIpc) is 1.99. The second-order valence-corrected chi connectivity index (χ2v) is 5.57. The molecule has 0 aromatic heterocycles. The van der Waals surface area contributed by atoms with Gasteiger partial charge in [-0.3, -0.25) is 4.18 Å². The van der Waals surface area contributed by atoms with Crippen molar-refractivity contribution in [2.24, 2.45) is 0 Å². The van der Waals surface area contributed by atoms with Gasteiger partial charge in [0.2, 0.25) is 0 Å². The van der Waals surface area contributed by atoms with Gasteiger partial charge in [-0.05, 0) is 17.7 Å². The van der Waals surface area contributed by atoms with E-state index in [1.54, 1.807) is 24.3 Å². The second kappa shape index (κ2) is 5.16. The van der Waals surface area contributed by atoms with Crippen LogP contribution in [0, 0.1) is 0 Å². The Bertz CT molecular complexity index is 431. The largest absolute Gasteiger partial charge is 0.265 e. The van der Waals surface area contributed by atoms with Gasteiger partial charge in [0.05, 0.1) is 6.26 Å². The zero-order valence-corrected chi connectivity index (χ0v) is 10.3. The maximum absolute atomic E-state index is 10.8. The molecule has 1 rings (SSSR count). The molecule has 0 amide bonds. The van der Waals surface area contributed by atoms with E-state index in [4.69, 9.17) is 23.2 Å². The summed E-state index contributed by atoms with van der Waals surface area (Å²) in [5.74, 6) is 0. The van der Waals surface area contributed by atoms with Crippen molar-refractivity contribution in [3.8, 4) is 0 Å². The van der Waals surface area contributed by atoms with Gasteiger partial charge in [0.1, 0.15) is 0 Å². The summed E-state index contributed by atoms with van der Waals surface area (Å²) in [7, 11) is -3.52. The molecule has 0 heterocycles. The van der Waals surface area contributed by atoms with Gasteiger partial charge in [0.15, 0.2) is 5.56 Å². The summed E-state index contributed by atoms with van der Waals surface area (Å²) in [5.41, 5.74) is -0.0791. The first kappa shape index (κ1) is 12.8. The first-order chi connectivity index (χ1) is 6.87. The predicted octanol–water partition coefficient (Wildman–Crippen LogP) is 2.42. The number of hydrogen-bond donors (Lipinski definition) is 0. The summed E-state index contributed by atoms with van der Waals surface area (Å²) in [6.07, 6.45) is 1.25. The van der Waals surface area contributed by atoms with Crippen LogP contribution in [0.4, 0.5) is 0 Å². The number of benzene rings is 1. The topological polar surface area (TPSA) is 43.4 Å². The number of halogens is 2. The quantitative estimate of drug-likeness (QED) is 0.622. The third-order valence-corrected chi connectivity index (χ3v) is 2.73. The van der Waals surface area contributed by atoms with Crippen molar-refractivity contribution >= 4 is 33.3 Å². The van der Waals surface area contributed by atoms with Crippen LogP contribution in [-0.2, 0) is 20.7 Å². The van der Waals surface area contributed by atoms with Crippen LogP contribution in [0.3, 0.4) is 0 Å². The molecule has 0 aliphatic heterocycles. The molecular weight excluding hydrogens is 259 g/mol. The van der Waals surface area contributed by atoms with Crippen LogP contribution in [0.1, 0.15) is 5.56 Å². The first-order valence-corrected chi connectivity index (χ1v) is 6.77. The van der Waals surface area contributed by atoms with E-state index in [9.17, 15) is 8.42 Å². The normalized spacial score (nSPS) is 13.8. The highest BCUT2D eigenvalue weighted by atomic mass is 35.5. The van der Waals surface area contributed by atoms with Crippen molar-refractivity contribution in [1.82, 2.24) is 0 Å². The zero-order chi connectivity index (χ0) is 11.5. The Morgan fingerprint density at radius 1 is 1.47 bits per heavy atom. The van der Waals surface area contributed by atoms with Crippen LogP contribution in [0.25, 0.3) is 0 Å². The summed E-state index contributed by atoms with van der Waals surface area (Å²) in [4.78, 5) is 0. The lowest BCUT2D eigenvalue weighted by Gasteiger charge is -2.08. The van der Waals surface area contributed by atoms with Crippen LogP contribution in [0.2, 0.25) is 5.02 Å². The third kappa shape index (κ3) is 5.37. The molecule has 0 fully saturated rings. The minimum absolute atomic E-state index is 0.287. The van der Waals surface area contributed by atoms with Gasteiger partial charge in [-0.1, -0.05) is 35.3 Å². The monoisotopic (exact) mass is 268 g/mol. The van der Waals surface area contributed by atoms with E-state index in [1.807, 2.05) is 0 Å². The molecule has 0 spiro atoms. The lowest BCUT2D eigenvalue weighted by atomic mass is 10.2. The minimum Gasteiger partial charge on any atom is -0.250 e. The van der Waals surface area contributed by atoms with Gasteiger partial charge in [-0.15, -0.1) is 0 Å². The smallest absolute Gasteiger partial charge is 0.250 e. The molecule has 3 nitrogen and oxygen atoms in total. The molecule has 84 valence electrons. The fourth-order valence-electron chi connectivity index (χ4n) is 1.07. The minimum atomic E-state index is -3.52. The second-order valence-electron chi connectivity index (χ2n) is 3.04. The van der Waals surface area contributed by atoms with Gasteiger partial charge in [0, 0.05) is 11.4 Å². The molecule has 1 unspecified atom stereocenters. The Hall–Kier alpha value is -0.290. The van der Waals surface area contributed by atoms with Crippen molar-refractivity contribution in [2.45, 2.75) is 12.0 Å². The Kier molecular flexibility index (Phi) is 4.40. The summed E-state index contributed by atoms with van der Waals surface area (Å²) in [6.45, 7) is 0. The Labute approximate surface area is 99.1 Å². The highest BCUT2D eigenvalue weighted by Gasteiger charge is 2.12. The number of alkyl halides is 1. The van der Waals surface area contributed by atoms with Gasteiger partial charge < -0.3 is 0 Å². The van der Waals surface area contributed by atoms with E-state index in [-0.39, 0.29) is 6.42 Å². The molecule has 0 saturated heterocycles. The van der Waals surface area contributed by atoms with Gasteiger partial charge in [-0.25, -0.2) is 0 Å². The summed E-state index contributed by atoms with van der Waals surface area (Å²) in [5, 5.41) is 0.579. The van der Waals surface area contributed by atoms with E-state index in [2.05, 4.69) is 4.18 Å². The average molecular weight is 269 g/mol. The van der Waals surface area contributed by atoms with Crippen LogP contribution in [0.5, 0.6) is 0 Å². The summed E-state index contributed by atoms with van der Waals surface area (Å²) >= 11 is 11.5. The maximum Gasteiger partial charge on any atom is 0.265 e. The van der Waals surface area contributed by atoms with Gasteiger partial charge >= 0.3 is 0 Å². The van der Waals surface area contributed by atoms with Crippen LogP contribution in [-0.4, -0.2) is 20.2 Å². The Morgan fingerprint density at radius 2 is 2.13 bits per heavy atom. The SMILES string of the molecule is CS(=O)(=O)OC(Cl)Cc1cccc(Cl)c1. The Balaban J connectivity index is 2.63. The third-order valence-electron chi connectivity index (χ3n) is 1.56. The van der Waals surface area contributed by atoms with Crippen molar-refractivity contribution < 1.29 is 12.6 Å². The maximum atomic E-state index is 10.8. The molecule has 1 atom stereocenters. The van der Waals surface area contributed by atoms with Crippen LogP contribution >= 0.6 is 23.2 Å². The molecule has 0 aliphatic rings.